The molecule has 11 rings (SSSR count). The number of aryl methyl sites for hydroxylation is 1. The first kappa shape index (κ1) is 27.6. The lowest BCUT2D eigenvalue weighted by molar-refractivity contribution is 0.887. The average Bonchev–Trinajstić information content (AvgIpc) is 3.69. The summed E-state index contributed by atoms with van der Waals surface area (Å²) in [5, 5.41) is 9.12. The number of aromatic nitrogens is 1. The number of anilines is 2. The molecule has 0 amide bonds. The highest BCUT2D eigenvalue weighted by Crippen LogP contribution is 2.52. The second kappa shape index (κ2) is 10.6. The fourth-order valence-electron chi connectivity index (χ4n) is 8.79. The summed E-state index contributed by atoms with van der Waals surface area (Å²) in [7, 11) is 0. The van der Waals surface area contributed by atoms with E-state index in [9.17, 15) is 0 Å². The van der Waals surface area contributed by atoms with E-state index in [4.69, 9.17) is 0 Å². The molecule has 0 spiro atoms. The van der Waals surface area contributed by atoms with Gasteiger partial charge in [0.05, 0.1) is 11.2 Å². The number of allylic oxidation sites excluding steroid dienone is 1. The van der Waals surface area contributed by atoms with Crippen LogP contribution in [0.1, 0.15) is 17.7 Å². The first-order valence-electron chi connectivity index (χ1n) is 17.6. The van der Waals surface area contributed by atoms with Crippen LogP contribution >= 0.6 is 0 Å². The summed E-state index contributed by atoms with van der Waals surface area (Å²) in [5.74, 6) is 0. The van der Waals surface area contributed by atoms with Gasteiger partial charge in [-0.15, -0.1) is 0 Å². The molecule has 234 valence electrons. The van der Waals surface area contributed by atoms with Gasteiger partial charge >= 0.3 is 0 Å². The summed E-state index contributed by atoms with van der Waals surface area (Å²) in [6.07, 6.45) is 4.38. The van der Waals surface area contributed by atoms with Gasteiger partial charge in [0.2, 0.25) is 0 Å². The zero-order valence-corrected chi connectivity index (χ0v) is 27.5. The molecule has 0 aliphatic heterocycles. The van der Waals surface area contributed by atoms with Crippen molar-refractivity contribution in [1.29, 1.82) is 0 Å². The molecule has 2 aliphatic carbocycles. The number of nitrogens with zero attached hydrogens (tertiary/aromatic N) is 2. The zero-order chi connectivity index (χ0) is 32.8. The maximum absolute atomic E-state index is 2.52. The van der Waals surface area contributed by atoms with Crippen molar-refractivity contribution in [2.75, 3.05) is 4.90 Å². The monoisotopic (exact) mass is 636 g/mol. The van der Waals surface area contributed by atoms with E-state index in [2.05, 4.69) is 179 Å². The summed E-state index contributed by atoms with van der Waals surface area (Å²) in [6.45, 7) is 0. The minimum atomic E-state index is 0.945. The van der Waals surface area contributed by atoms with Gasteiger partial charge in [0, 0.05) is 28.1 Å². The van der Waals surface area contributed by atoms with Crippen LogP contribution in [0.25, 0.3) is 77.2 Å². The van der Waals surface area contributed by atoms with E-state index in [1.807, 2.05) is 0 Å². The van der Waals surface area contributed by atoms with Gasteiger partial charge in [-0.3, -0.25) is 0 Å². The quantitative estimate of drug-likeness (QED) is 0.175. The number of fused-ring (bicyclic) bond motifs is 9. The molecule has 0 N–H and O–H groups in total. The highest BCUT2D eigenvalue weighted by Gasteiger charge is 2.28. The molecule has 0 saturated heterocycles. The van der Waals surface area contributed by atoms with Crippen molar-refractivity contribution in [3.05, 3.63) is 181 Å². The highest BCUT2D eigenvalue weighted by molar-refractivity contribution is 6.24. The maximum Gasteiger partial charge on any atom is 0.0537 e. The molecule has 9 aromatic rings. The van der Waals surface area contributed by atoms with Crippen molar-refractivity contribution in [2.24, 2.45) is 0 Å². The molecule has 0 saturated carbocycles. The fourth-order valence-corrected chi connectivity index (χ4v) is 8.79. The molecule has 2 aliphatic rings. The van der Waals surface area contributed by atoms with E-state index in [1.165, 1.54) is 99.5 Å². The predicted molar refractivity (Wildman–Crippen MR) is 212 cm³/mol. The summed E-state index contributed by atoms with van der Waals surface area (Å²) >= 11 is 0. The van der Waals surface area contributed by atoms with Crippen LogP contribution in [0, 0.1) is 0 Å². The van der Waals surface area contributed by atoms with Crippen LogP contribution in [0.5, 0.6) is 0 Å². The standard InChI is InChI=1S/C48H32N2/c1-2-15-35(16-3-1)50-45-20-9-8-18-40(45)41-25-23-38(30-46(41)50)49(36-22-21-31-11-4-5-12-32(31)28-36)37-24-26-43-44(29-37)42-19-10-14-34-27-33-13-6-7-17-39(33)48(43)47(34)42/h1-22,24,26-30H,23,25H2. The number of hydrogen-bond donors (Lipinski definition) is 0. The van der Waals surface area contributed by atoms with Crippen molar-refractivity contribution < 1.29 is 0 Å². The van der Waals surface area contributed by atoms with E-state index in [0.717, 1.165) is 12.8 Å². The Balaban J connectivity index is 1.15. The molecule has 8 aromatic carbocycles. The van der Waals surface area contributed by atoms with Gasteiger partial charge in [0.25, 0.3) is 0 Å². The molecule has 0 bridgehead atoms. The van der Waals surface area contributed by atoms with Gasteiger partial charge in [-0.1, -0.05) is 115 Å². The molecule has 0 radical (unpaired) electrons. The lowest BCUT2D eigenvalue weighted by Crippen LogP contribution is -2.19. The van der Waals surface area contributed by atoms with Crippen molar-refractivity contribution in [2.45, 2.75) is 12.8 Å². The smallest absolute Gasteiger partial charge is 0.0537 e. The van der Waals surface area contributed by atoms with E-state index >= 15 is 0 Å². The minimum Gasteiger partial charge on any atom is -0.314 e. The molecule has 2 nitrogen and oxygen atoms in total. The van der Waals surface area contributed by atoms with Gasteiger partial charge in [-0.25, -0.2) is 0 Å². The Morgan fingerprint density at radius 1 is 0.460 bits per heavy atom. The highest BCUT2D eigenvalue weighted by atomic mass is 15.2. The Morgan fingerprint density at radius 3 is 2.08 bits per heavy atom. The van der Waals surface area contributed by atoms with E-state index in [-0.39, 0.29) is 0 Å². The van der Waals surface area contributed by atoms with Gasteiger partial charge in [0.1, 0.15) is 0 Å². The lowest BCUT2D eigenvalue weighted by Gasteiger charge is -2.31. The Bertz CT molecular complexity index is 2870. The molecule has 2 heteroatoms. The first-order valence-corrected chi connectivity index (χ1v) is 17.6. The van der Waals surface area contributed by atoms with Crippen LogP contribution in [0.2, 0.25) is 0 Å². The Morgan fingerprint density at radius 2 is 1.18 bits per heavy atom. The van der Waals surface area contributed by atoms with Crippen LogP contribution in [0.3, 0.4) is 0 Å². The number of rotatable bonds is 4. The number of hydrogen-bond acceptors (Lipinski definition) is 1. The largest absolute Gasteiger partial charge is 0.314 e. The van der Waals surface area contributed by atoms with Crippen molar-refractivity contribution in [1.82, 2.24) is 4.57 Å². The third kappa shape index (κ3) is 3.96. The zero-order valence-electron chi connectivity index (χ0n) is 27.5. The SMILES string of the molecule is C1=C(N(c2ccc3c(c2)-c2cccc4cc5ccccc5c-3c24)c2ccc3ccccc3c2)CCc2c1n(-c1ccccc1)c1ccccc21. The topological polar surface area (TPSA) is 8.17 Å². The molecular formula is C48H32N2. The normalized spacial score (nSPS) is 13.2. The molecule has 1 aromatic heterocycles. The second-order valence-corrected chi connectivity index (χ2v) is 13.7. The van der Waals surface area contributed by atoms with Gasteiger partial charge in [-0.05, 0) is 128 Å². The summed E-state index contributed by atoms with van der Waals surface area (Å²) in [4.78, 5) is 2.52. The molecule has 1 heterocycles. The van der Waals surface area contributed by atoms with Crippen LogP contribution in [0.15, 0.2) is 169 Å². The fraction of sp³-hybridized carbons (Fsp3) is 0.0417. The minimum absolute atomic E-state index is 0.945. The third-order valence-corrected chi connectivity index (χ3v) is 11.0. The van der Waals surface area contributed by atoms with Crippen LogP contribution in [-0.4, -0.2) is 4.57 Å². The Labute approximate surface area is 290 Å². The molecule has 0 fully saturated rings. The van der Waals surface area contributed by atoms with Crippen LogP contribution < -0.4 is 4.90 Å². The van der Waals surface area contributed by atoms with Gasteiger partial charge in [0.15, 0.2) is 0 Å². The van der Waals surface area contributed by atoms with Crippen LogP contribution in [-0.2, 0) is 6.42 Å². The van der Waals surface area contributed by atoms with Crippen molar-refractivity contribution in [3.8, 4) is 27.9 Å². The van der Waals surface area contributed by atoms with Gasteiger partial charge in [-0.2, -0.15) is 0 Å². The third-order valence-electron chi connectivity index (χ3n) is 11.0. The lowest BCUT2D eigenvalue weighted by atomic mass is 9.95. The first-order chi connectivity index (χ1) is 24.8. The number of para-hydroxylation sites is 2. The molecule has 0 atom stereocenters. The average molecular weight is 637 g/mol. The Kier molecular flexibility index (Phi) is 5.82. The van der Waals surface area contributed by atoms with Crippen molar-refractivity contribution in [3.63, 3.8) is 0 Å². The van der Waals surface area contributed by atoms with E-state index in [1.54, 1.807) is 0 Å². The maximum atomic E-state index is 2.52. The molecule has 50 heavy (non-hydrogen) atoms. The predicted octanol–water partition coefficient (Wildman–Crippen LogP) is 12.9. The summed E-state index contributed by atoms with van der Waals surface area (Å²) in [5.41, 5.74) is 14.1. The number of benzene rings is 8. The van der Waals surface area contributed by atoms with Crippen molar-refractivity contribution >= 4 is 60.7 Å². The summed E-state index contributed by atoms with van der Waals surface area (Å²) in [6, 6.07) is 60.4. The van der Waals surface area contributed by atoms with Crippen LogP contribution in [0.4, 0.5) is 11.4 Å². The molecule has 0 unspecified atom stereocenters. The Hall–Kier alpha value is -6.38. The molecular weight excluding hydrogens is 605 g/mol. The summed E-state index contributed by atoms with van der Waals surface area (Å²) < 4.78 is 2.45. The van der Waals surface area contributed by atoms with E-state index in [0.29, 0.717) is 0 Å². The van der Waals surface area contributed by atoms with E-state index < -0.39 is 0 Å². The van der Waals surface area contributed by atoms with Gasteiger partial charge < -0.3 is 9.47 Å². The second-order valence-electron chi connectivity index (χ2n) is 13.7.